The second-order valence-electron chi connectivity index (χ2n) is 5.12. The lowest BCUT2D eigenvalue weighted by molar-refractivity contribution is -0.121. The molecule has 1 N–H and O–H groups in total. The normalized spacial score (nSPS) is 15.7. The molecule has 0 radical (unpaired) electrons. The Bertz CT molecular complexity index is 473. The lowest BCUT2D eigenvalue weighted by Crippen LogP contribution is -2.42. The molecule has 0 atom stereocenters. The van der Waals surface area contributed by atoms with Gasteiger partial charge in [0, 0.05) is 11.7 Å². The zero-order valence-electron chi connectivity index (χ0n) is 11.3. The van der Waals surface area contributed by atoms with Crippen molar-refractivity contribution in [1.29, 1.82) is 0 Å². The molecule has 2 rings (SSSR count). The fourth-order valence-corrected chi connectivity index (χ4v) is 2.52. The molecule has 0 aliphatic heterocycles. The first-order valence-corrected chi connectivity index (χ1v) is 6.96. The Morgan fingerprint density at radius 1 is 1.35 bits per heavy atom. The molecule has 1 aliphatic carbocycles. The highest BCUT2D eigenvalue weighted by Gasteiger charge is 2.17. The van der Waals surface area contributed by atoms with Crippen molar-refractivity contribution in [2.45, 2.75) is 38.1 Å². The first-order valence-electron chi connectivity index (χ1n) is 6.96. The molecule has 0 unspecified atom stereocenters. The highest BCUT2D eigenvalue weighted by atomic mass is 19.1. The minimum absolute atomic E-state index is 0.0799. The van der Waals surface area contributed by atoms with Crippen molar-refractivity contribution in [2.24, 2.45) is 0 Å². The van der Waals surface area contributed by atoms with Gasteiger partial charge in [0.25, 0.3) is 0 Å². The zero-order chi connectivity index (χ0) is 14.4. The maximum atomic E-state index is 13.1. The highest BCUT2D eigenvalue weighted by molar-refractivity contribution is 5.88. The van der Waals surface area contributed by atoms with Gasteiger partial charge >= 0.3 is 0 Å². The topological polar surface area (TPSA) is 49.4 Å². The van der Waals surface area contributed by atoms with E-state index in [2.05, 4.69) is 5.32 Å². The van der Waals surface area contributed by atoms with E-state index in [4.69, 9.17) is 0 Å². The molecular weight excluding hydrogens is 259 g/mol. The predicted octanol–water partition coefficient (Wildman–Crippen LogP) is 2.24. The number of nitrogens with one attached hydrogen (secondary N) is 1. The minimum atomic E-state index is -0.429. The Kier molecular flexibility index (Phi) is 5.09. The summed E-state index contributed by atoms with van der Waals surface area (Å²) in [4.78, 5) is 24.2. The molecule has 20 heavy (non-hydrogen) atoms. The number of hydrogen-bond acceptors (Lipinski definition) is 2. The second kappa shape index (κ2) is 7.03. The molecular formula is C15H19FN2O2. The lowest BCUT2D eigenvalue weighted by atomic mass is 9.95. The van der Waals surface area contributed by atoms with Crippen LogP contribution in [-0.4, -0.2) is 24.9 Å². The van der Waals surface area contributed by atoms with Gasteiger partial charge in [0.05, 0.1) is 0 Å². The smallest absolute Gasteiger partial charge is 0.240 e. The summed E-state index contributed by atoms with van der Waals surface area (Å²) < 4.78 is 13.1. The van der Waals surface area contributed by atoms with Crippen molar-refractivity contribution in [2.75, 3.05) is 11.4 Å². The molecule has 0 saturated heterocycles. The summed E-state index contributed by atoms with van der Waals surface area (Å²) in [6.45, 7) is -0.0799. The van der Waals surface area contributed by atoms with Gasteiger partial charge in [-0.25, -0.2) is 4.39 Å². The summed E-state index contributed by atoms with van der Waals surface area (Å²) in [6, 6.07) is 5.86. The Hall–Kier alpha value is -1.91. The van der Waals surface area contributed by atoms with Crippen LogP contribution in [0, 0.1) is 5.82 Å². The first-order chi connectivity index (χ1) is 9.69. The molecule has 1 aromatic rings. The molecule has 1 aromatic carbocycles. The summed E-state index contributed by atoms with van der Waals surface area (Å²) in [7, 11) is 0. The van der Waals surface area contributed by atoms with E-state index in [1.807, 2.05) is 0 Å². The van der Waals surface area contributed by atoms with Gasteiger partial charge < -0.3 is 10.2 Å². The standard InChI is InChI=1S/C15H19FN2O2/c16-12-5-4-8-14(9-12)18(11-19)10-15(20)17-13-6-2-1-3-7-13/h4-5,8-9,11,13H,1-3,6-7,10H2,(H,17,20). The van der Waals surface area contributed by atoms with Crippen LogP contribution in [0.1, 0.15) is 32.1 Å². The molecule has 0 bridgehead atoms. The molecule has 108 valence electrons. The average molecular weight is 278 g/mol. The van der Waals surface area contributed by atoms with E-state index in [0.29, 0.717) is 12.1 Å². The van der Waals surface area contributed by atoms with Crippen LogP contribution in [-0.2, 0) is 9.59 Å². The van der Waals surface area contributed by atoms with E-state index >= 15 is 0 Å². The quantitative estimate of drug-likeness (QED) is 0.840. The van der Waals surface area contributed by atoms with Gasteiger partial charge in [-0.2, -0.15) is 0 Å². The van der Waals surface area contributed by atoms with Crippen LogP contribution in [0.25, 0.3) is 0 Å². The van der Waals surface area contributed by atoms with Crippen LogP contribution in [0.4, 0.5) is 10.1 Å². The monoisotopic (exact) mass is 278 g/mol. The number of benzene rings is 1. The van der Waals surface area contributed by atoms with Crippen molar-refractivity contribution in [3.8, 4) is 0 Å². The van der Waals surface area contributed by atoms with Crippen molar-refractivity contribution in [3.05, 3.63) is 30.1 Å². The van der Waals surface area contributed by atoms with E-state index in [9.17, 15) is 14.0 Å². The van der Waals surface area contributed by atoms with Gasteiger partial charge in [-0.1, -0.05) is 25.3 Å². The number of carbonyl (C=O) groups excluding carboxylic acids is 2. The fraction of sp³-hybridized carbons (Fsp3) is 0.467. The summed E-state index contributed by atoms with van der Waals surface area (Å²) in [5, 5.41) is 2.93. The second-order valence-corrected chi connectivity index (χ2v) is 5.12. The lowest BCUT2D eigenvalue weighted by Gasteiger charge is -2.24. The molecule has 1 fully saturated rings. The zero-order valence-corrected chi connectivity index (χ0v) is 11.3. The van der Waals surface area contributed by atoms with Gasteiger partial charge in [-0.15, -0.1) is 0 Å². The average Bonchev–Trinajstić information content (AvgIpc) is 2.46. The van der Waals surface area contributed by atoms with Gasteiger partial charge in [-0.3, -0.25) is 9.59 Å². The largest absolute Gasteiger partial charge is 0.352 e. The predicted molar refractivity (Wildman–Crippen MR) is 74.8 cm³/mol. The van der Waals surface area contributed by atoms with Crippen molar-refractivity contribution < 1.29 is 14.0 Å². The number of halogens is 1. The van der Waals surface area contributed by atoms with Crippen molar-refractivity contribution >= 4 is 18.0 Å². The third-order valence-electron chi connectivity index (χ3n) is 3.55. The molecule has 1 saturated carbocycles. The number of carbonyl (C=O) groups is 2. The van der Waals surface area contributed by atoms with E-state index in [1.165, 1.54) is 29.5 Å². The van der Waals surface area contributed by atoms with Gasteiger partial charge in [-0.05, 0) is 31.0 Å². The van der Waals surface area contributed by atoms with Crippen molar-refractivity contribution in [3.63, 3.8) is 0 Å². The van der Waals surface area contributed by atoms with Crippen LogP contribution in [0.15, 0.2) is 24.3 Å². The Morgan fingerprint density at radius 2 is 2.10 bits per heavy atom. The van der Waals surface area contributed by atoms with Gasteiger partial charge in [0.2, 0.25) is 12.3 Å². The van der Waals surface area contributed by atoms with Crippen molar-refractivity contribution in [1.82, 2.24) is 5.32 Å². The fourth-order valence-electron chi connectivity index (χ4n) is 2.52. The van der Waals surface area contributed by atoms with Crippen LogP contribution >= 0.6 is 0 Å². The third-order valence-corrected chi connectivity index (χ3v) is 3.55. The number of amides is 2. The van der Waals surface area contributed by atoms with Crippen LogP contribution < -0.4 is 10.2 Å². The summed E-state index contributed by atoms with van der Waals surface area (Å²) in [5.74, 6) is -0.629. The summed E-state index contributed by atoms with van der Waals surface area (Å²) in [5.41, 5.74) is 0.388. The van der Waals surface area contributed by atoms with Gasteiger partial charge in [0.15, 0.2) is 0 Å². The molecule has 1 aliphatic rings. The SMILES string of the molecule is O=CN(CC(=O)NC1CCCCC1)c1cccc(F)c1. The molecule has 0 heterocycles. The third kappa shape index (κ3) is 4.05. The Labute approximate surface area is 118 Å². The highest BCUT2D eigenvalue weighted by Crippen LogP contribution is 2.18. The van der Waals surface area contributed by atoms with Crippen LogP contribution in [0.3, 0.4) is 0 Å². The molecule has 4 nitrogen and oxygen atoms in total. The number of nitrogens with zero attached hydrogens (tertiary/aromatic N) is 1. The molecule has 5 heteroatoms. The maximum Gasteiger partial charge on any atom is 0.240 e. The van der Waals surface area contributed by atoms with E-state index < -0.39 is 5.82 Å². The van der Waals surface area contributed by atoms with E-state index in [-0.39, 0.29) is 18.5 Å². The maximum absolute atomic E-state index is 13.1. The van der Waals surface area contributed by atoms with Crippen LogP contribution in [0.2, 0.25) is 0 Å². The number of anilines is 1. The molecule has 0 aromatic heterocycles. The summed E-state index contributed by atoms with van der Waals surface area (Å²) >= 11 is 0. The molecule has 0 spiro atoms. The number of rotatable bonds is 5. The van der Waals surface area contributed by atoms with Crippen LogP contribution in [0.5, 0.6) is 0 Å². The Morgan fingerprint density at radius 3 is 2.75 bits per heavy atom. The summed E-state index contributed by atoms with van der Waals surface area (Å²) in [6.07, 6.45) is 6.02. The minimum Gasteiger partial charge on any atom is -0.352 e. The van der Waals surface area contributed by atoms with E-state index in [0.717, 1.165) is 25.7 Å². The Balaban J connectivity index is 1.92. The molecule has 2 amide bonds. The van der Waals surface area contributed by atoms with E-state index in [1.54, 1.807) is 6.07 Å². The first kappa shape index (κ1) is 14.5. The van der Waals surface area contributed by atoms with Gasteiger partial charge in [0.1, 0.15) is 12.4 Å². The number of hydrogen-bond donors (Lipinski definition) is 1.